The van der Waals surface area contributed by atoms with Gasteiger partial charge in [-0.15, -0.1) is 0 Å². The van der Waals surface area contributed by atoms with Gasteiger partial charge in [-0.2, -0.15) is 0 Å². The standard InChI is InChI=1S/C19H27N3O/c1-17(18-6-3-2-4-7-18)20-16-19-8-5-9-22(19)11-10-21-12-14-23-15-13-21/h2-9,17,20H,10-16H2,1H3/t17-/m0/s1. The molecule has 1 aromatic carbocycles. The minimum Gasteiger partial charge on any atom is -0.379 e. The Morgan fingerprint density at radius 3 is 2.61 bits per heavy atom. The average Bonchev–Trinajstić information content (AvgIpc) is 3.07. The smallest absolute Gasteiger partial charge is 0.0594 e. The van der Waals surface area contributed by atoms with Gasteiger partial charge in [0, 0.05) is 50.7 Å². The molecule has 1 fully saturated rings. The molecule has 23 heavy (non-hydrogen) atoms. The third kappa shape index (κ3) is 4.67. The normalized spacial score (nSPS) is 17.3. The molecule has 3 rings (SSSR count). The van der Waals surface area contributed by atoms with Crippen molar-refractivity contribution in [3.05, 3.63) is 59.9 Å². The Labute approximate surface area is 139 Å². The summed E-state index contributed by atoms with van der Waals surface area (Å²) in [4.78, 5) is 2.48. The van der Waals surface area contributed by atoms with E-state index in [4.69, 9.17) is 4.74 Å². The van der Waals surface area contributed by atoms with E-state index in [2.05, 4.69) is 70.4 Å². The second kappa shape index (κ2) is 8.29. The van der Waals surface area contributed by atoms with Crippen LogP contribution in [0.5, 0.6) is 0 Å². The molecule has 1 aliphatic rings. The number of hydrogen-bond donors (Lipinski definition) is 1. The zero-order valence-corrected chi connectivity index (χ0v) is 13.9. The van der Waals surface area contributed by atoms with E-state index in [-0.39, 0.29) is 0 Å². The SMILES string of the molecule is C[C@H](NCc1cccn1CCN1CCOCC1)c1ccccc1. The number of nitrogens with zero attached hydrogens (tertiary/aromatic N) is 2. The monoisotopic (exact) mass is 313 g/mol. The Hall–Kier alpha value is -1.62. The van der Waals surface area contributed by atoms with E-state index < -0.39 is 0 Å². The van der Waals surface area contributed by atoms with E-state index in [0.717, 1.165) is 45.9 Å². The lowest BCUT2D eigenvalue weighted by Crippen LogP contribution is -2.38. The fraction of sp³-hybridized carbons (Fsp3) is 0.474. The van der Waals surface area contributed by atoms with Gasteiger partial charge in [0.05, 0.1) is 13.2 Å². The Kier molecular flexibility index (Phi) is 5.86. The van der Waals surface area contributed by atoms with Gasteiger partial charge in [0.15, 0.2) is 0 Å². The minimum absolute atomic E-state index is 0.360. The molecule has 0 radical (unpaired) electrons. The van der Waals surface area contributed by atoms with Crippen molar-refractivity contribution >= 4 is 0 Å². The summed E-state index contributed by atoms with van der Waals surface area (Å²) in [5, 5.41) is 3.63. The molecule has 4 nitrogen and oxygen atoms in total. The minimum atomic E-state index is 0.360. The van der Waals surface area contributed by atoms with Gasteiger partial charge in [0.2, 0.25) is 0 Å². The highest BCUT2D eigenvalue weighted by atomic mass is 16.5. The highest BCUT2D eigenvalue weighted by molar-refractivity contribution is 5.18. The van der Waals surface area contributed by atoms with Crippen LogP contribution in [0.4, 0.5) is 0 Å². The average molecular weight is 313 g/mol. The van der Waals surface area contributed by atoms with Gasteiger partial charge in [0.25, 0.3) is 0 Å². The highest BCUT2D eigenvalue weighted by Gasteiger charge is 2.11. The number of hydrogen-bond acceptors (Lipinski definition) is 3. The van der Waals surface area contributed by atoms with Crippen molar-refractivity contribution in [1.82, 2.24) is 14.8 Å². The summed E-state index contributed by atoms with van der Waals surface area (Å²) in [5.74, 6) is 0. The Balaban J connectivity index is 1.50. The van der Waals surface area contributed by atoms with Gasteiger partial charge in [-0.3, -0.25) is 4.90 Å². The summed E-state index contributed by atoms with van der Waals surface area (Å²) in [6.45, 7) is 9.11. The Bertz CT molecular complexity index is 575. The molecular weight excluding hydrogens is 286 g/mol. The lowest BCUT2D eigenvalue weighted by atomic mass is 10.1. The van der Waals surface area contributed by atoms with Crippen molar-refractivity contribution < 1.29 is 4.74 Å². The summed E-state index contributed by atoms with van der Waals surface area (Å²) in [6, 6.07) is 15.3. The zero-order chi connectivity index (χ0) is 15.9. The van der Waals surface area contributed by atoms with E-state index in [1.165, 1.54) is 11.3 Å². The van der Waals surface area contributed by atoms with Crippen LogP contribution in [0.25, 0.3) is 0 Å². The third-order valence-corrected chi connectivity index (χ3v) is 4.57. The van der Waals surface area contributed by atoms with Crippen LogP contribution in [0.3, 0.4) is 0 Å². The van der Waals surface area contributed by atoms with Crippen LogP contribution in [0, 0.1) is 0 Å². The fourth-order valence-corrected chi connectivity index (χ4v) is 3.02. The Morgan fingerprint density at radius 1 is 1.04 bits per heavy atom. The van der Waals surface area contributed by atoms with Gasteiger partial charge < -0.3 is 14.6 Å². The molecule has 0 amide bonds. The molecule has 1 saturated heterocycles. The molecule has 1 atom stereocenters. The predicted octanol–water partition coefficient (Wildman–Crippen LogP) is 2.67. The first-order chi connectivity index (χ1) is 11.3. The third-order valence-electron chi connectivity index (χ3n) is 4.57. The van der Waals surface area contributed by atoms with Crippen molar-refractivity contribution in [2.24, 2.45) is 0 Å². The van der Waals surface area contributed by atoms with Gasteiger partial charge in [0.1, 0.15) is 0 Å². The molecule has 2 heterocycles. The van der Waals surface area contributed by atoms with Crippen LogP contribution in [-0.2, 0) is 17.8 Å². The predicted molar refractivity (Wildman–Crippen MR) is 93.4 cm³/mol. The molecule has 0 aliphatic carbocycles. The van der Waals surface area contributed by atoms with E-state index in [1.807, 2.05) is 0 Å². The van der Waals surface area contributed by atoms with Crippen molar-refractivity contribution in [3.8, 4) is 0 Å². The quantitative estimate of drug-likeness (QED) is 0.852. The molecule has 0 bridgehead atoms. The maximum Gasteiger partial charge on any atom is 0.0594 e. The van der Waals surface area contributed by atoms with E-state index in [9.17, 15) is 0 Å². The first-order valence-electron chi connectivity index (χ1n) is 8.55. The first-order valence-corrected chi connectivity index (χ1v) is 8.55. The van der Waals surface area contributed by atoms with Gasteiger partial charge >= 0.3 is 0 Å². The molecule has 1 aliphatic heterocycles. The molecular formula is C19H27N3O. The molecule has 0 spiro atoms. The van der Waals surface area contributed by atoms with Crippen molar-refractivity contribution in [3.63, 3.8) is 0 Å². The molecule has 124 valence electrons. The van der Waals surface area contributed by atoms with Crippen molar-refractivity contribution in [1.29, 1.82) is 0 Å². The molecule has 2 aromatic rings. The van der Waals surface area contributed by atoms with Gasteiger partial charge in [-0.1, -0.05) is 30.3 Å². The summed E-state index contributed by atoms with van der Waals surface area (Å²) in [7, 11) is 0. The van der Waals surface area contributed by atoms with Crippen molar-refractivity contribution in [2.75, 3.05) is 32.8 Å². The van der Waals surface area contributed by atoms with Gasteiger partial charge in [-0.25, -0.2) is 0 Å². The molecule has 1 aromatic heterocycles. The van der Waals surface area contributed by atoms with Crippen LogP contribution >= 0.6 is 0 Å². The molecule has 4 heteroatoms. The summed E-state index contributed by atoms with van der Waals surface area (Å²) in [5.41, 5.74) is 2.68. The number of nitrogens with one attached hydrogen (secondary N) is 1. The topological polar surface area (TPSA) is 29.4 Å². The van der Waals surface area contributed by atoms with E-state index in [1.54, 1.807) is 0 Å². The summed E-state index contributed by atoms with van der Waals surface area (Å²) in [6.07, 6.45) is 2.19. The number of morpholine rings is 1. The number of benzene rings is 1. The largest absolute Gasteiger partial charge is 0.379 e. The second-order valence-electron chi connectivity index (χ2n) is 6.16. The number of ether oxygens (including phenoxy) is 1. The zero-order valence-electron chi connectivity index (χ0n) is 13.9. The Morgan fingerprint density at radius 2 is 1.83 bits per heavy atom. The van der Waals surface area contributed by atoms with Crippen LogP contribution in [-0.4, -0.2) is 42.3 Å². The second-order valence-corrected chi connectivity index (χ2v) is 6.16. The highest BCUT2D eigenvalue weighted by Crippen LogP contribution is 2.12. The van der Waals surface area contributed by atoms with Crippen LogP contribution in [0.1, 0.15) is 24.2 Å². The van der Waals surface area contributed by atoms with Gasteiger partial charge in [-0.05, 0) is 24.6 Å². The lowest BCUT2D eigenvalue weighted by Gasteiger charge is -2.27. The molecule has 0 saturated carbocycles. The molecule has 0 unspecified atom stereocenters. The summed E-state index contributed by atoms with van der Waals surface area (Å²) >= 11 is 0. The number of rotatable bonds is 7. The fourth-order valence-electron chi connectivity index (χ4n) is 3.02. The number of aromatic nitrogens is 1. The van der Waals surface area contributed by atoms with Crippen LogP contribution in [0.15, 0.2) is 48.7 Å². The first kappa shape index (κ1) is 16.2. The lowest BCUT2D eigenvalue weighted by molar-refractivity contribution is 0.0363. The van der Waals surface area contributed by atoms with Crippen LogP contribution < -0.4 is 5.32 Å². The van der Waals surface area contributed by atoms with Crippen molar-refractivity contribution in [2.45, 2.75) is 26.1 Å². The van der Waals surface area contributed by atoms with Crippen LogP contribution in [0.2, 0.25) is 0 Å². The maximum atomic E-state index is 5.41. The van der Waals surface area contributed by atoms with E-state index >= 15 is 0 Å². The molecule has 1 N–H and O–H groups in total. The maximum absolute atomic E-state index is 5.41. The van der Waals surface area contributed by atoms with E-state index in [0.29, 0.717) is 6.04 Å². The summed E-state index contributed by atoms with van der Waals surface area (Å²) < 4.78 is 7.77.